The molecule has 0 atom stereocenters. The van der Waals surface area contributed by atoms with Gasteiger partial charge in [-0.2, -0.15) is 5.10 Å². The maximum atomic E-state index is 13.5. The van der Waals surface area contributed by atoms with Crippen LogP contribution in [0.3, 0.4) is 0 Å². The number of aromatic nitrogens is 2. The highest BCUT2D eigenvalue weighted by atomic mass is 79.9. The van der Waals surface area contributed by atoms with Gasteiger partial charge in [-0.25, -0.2) is 4.39 Å². The predicted molar refractivity (Wildman–Crippen MR) is 56.9 cm³/mol. The molecule has 2 aromatic rings. The first-order valence-corrected chi connectivity index (χ1v) is 5.04. The third kappa shape index (κ3) is 1.48. The summed E-state index contributed by atoms with van der Waals surface area (Å²) < 4.78 is 14.2. The molecule has 0 fully saturated rings. The highest BCUT2D eigenvalue weighted by Crippen LogP contribution is 2.28. The molecule has 1 aromatic heterocycles. The fourth-order valence-electron chi connectivity index (χ4n) is 1.33. The van der Waals surface area contributed by atoms with Crippen molar-refractivity contribution in [2.45, 2.75) is 6.92 Å². The molecule has 1 heterocycles. The van der Waals surface area contributed by atoms with Gasteiger partial charge in [0.2, 0.25) is 0 Å². The maximum Gasteiger partial charge on any atom is 0.159 e. The topological polar surface area (TPSA) is 25.8 Å². The summed E-state index contributed by atoms with van der Waals surface area (Å²) in [5.41, 5.74) is 0.536. The lowest BCUT2D eigenvalue weighted by atomic mass is 10.1. The monoisotopic (exact) mass is 274 g/mol. The number of hydrogen-bond donors (Lipinski definition) is 0. The van der Waals surface area contributed by atoms with Gasteiger partial charge in [0.15, 0.2) is 5.15 Å². The second-order valence-corrected chi connectivity index (χ2v) is 4.16. The molecular formula is C9H5BrClFN2. The Morgan fingerprint density at radius 3 is 2.79 bits per heavy atom. The minimum atomic E-state index is -0.344. The van der Waals surface area contributed by atoms with Gasteiger partial charge in [0.1, 0.15) is 5.82 Å². The number of rotatable bonds is 0. The fourth-order valence-corrected chi connectivity index (χ4v) is 1.94. The van der Waals surface area contributed by atoms with Crippen molar-refractivity contribution < 1.29 is 4.39 Å². The highest BCUT2D eigenvalue weighted by Gasteiger charge is 2.10. The average molecular weight is 276 g/mol. The van der Waals surface area contributed by atoms with Crippen molar-refractivity contribution in [3.63, 3.8) is 0 Å². The predicted octanol–water partition coefficient (Wildman–Crippen LogP) is 3.49. The van der Waals surface area contributed by atoms with Crippen LogP contribution in [0.4, 0.5) is 4.39 Å². The Morgan fingerprint density at radius 1 is 1.36 bits per heavy atom. The number of nitrogens with zero attached hydrogens (tertiary/aromatic N) is 2. The van der Waals surface area contributed by atoms with E-state index in [0.29, 0.717) is 20.9 Å². The van der Waals surface area contributed by atoms with Crippen molar-refractivity contribution in [2.24, 2.45) is 0 Å². The summed E-state index contributed by atoms with van der Waals surface area (Å²) in [5, 5.41) is 8.69. The number of halogens is 3. The van der Waals surface area contributed by atoms with Gasteiger partial charge in [-0.05, 0) is 19.1 Å². The summed E-state index contributed by atoms with van der Waals surface area (Å²) >= 11 is 9.01. The van der Waals surface area contributed by atoms with Crippen LogP contribution >= 0.6 is 27.5 Å². The molecule has 0 amide bonds. The van der Waals surface area contributed by atoms with Crippen LogP contribution in [0.1, 0.15) is 5.69 Å². The van der Waals surface area contributed by atoms with Gasteiger partial charge >= 0.3 is 0 Å². The summed E-state index contributed by atoms with van der Waals surface area (Å²) in [4.78, 5) is 0. The molecule has 0 aliphatic rings. The molecule has 0 aliphatic carbocycles. The molecule has 0 N–H and O–H groups in total. The lowest BCUT2D eigenvalue weighted by molar-refractivity contribution is 0.637. The summed E-state index contributed by atoms with van der Waals surface area (Å²) in [6.45, 7) is 1.70. The van der Waals surface area contributed by atoms with Crippen LogP contribution in [0.2, 0.25) is 5.15 Å². The quantitative estimate of drug-likeness (QED) is 0.735. The molecule has 0 aliphatic heterocycles. The minimum Gasteiger partial charge on any atom is -0.206 e. The molecule has 72 valence electrons. The molecule has 0 radical (unpaired) electrons. The van der Waals surface area contributed by atoms with Gasteiger partial charge in [0, 0.05) is 15.2 Å². The van der Waals surface area contributed by atoms with E-state index in [1.807, 2.05) is 0 Å². The first-order valence-electron chi connectivity index (χ1n) is 3.87. The molecule has 0 unspecified atom stereocenters. The smallest absolute Gasteiger partial charge is 0.159 e. The largest absolute Gasteiger partial charge is 0.206 e. The van der Waals surface area contributed by atoms with Crippen LogP contribution in [-0.2, 0) is 0 Å². The highest BCUT2D eigenvalue weighted by molar-refractivity contribution is 9.10. The lowest BCUT2D eigenvalue weighted by Crippen LogP contribution is -1.93. The van der Waals surface area contributed by atoms with Crippen molar-refractivity contribution in [3.8, 4) is 0 Å². The zero-order valence-electron chi connectivity index (χ0n) is 7.18. The van der Waals surface area contributed by atoms with Crippen molar-refractivity contribution in [1.29, 1.82) is 0 Å². The van der Waals surface area contributed by atoms with Crippen molar-refractivity contribution in [1.82, 2.24) is 10.2 Å². The van der Waals surface area contributed by atoms with Crippen LogP contribution < -0.4 is 0 Å². The summed E-state index contributed by atoms with van der Waals surface area (Å²) in [6, 6.07) is 3.11. The van der Waals surface area contributed by atoms with Gasteiger partial charge in [0.25, 0.3) is 0 Å². The molecule has 0 spiro atoms. The van der Waals surface area contributed by atoms with Gasteiger partial charge in [-0.1, -0.05) is 27.5 Å². The van der Waals surface area contributed by atoms with E-state index in [4.69, 9.17) is 11.6 Å². The summed E-state index contributed by atoms with van der Waals surface area (Å²) in [6.07, 6.45) is 0. The van der Waals surface area contributed by atoms with Gasteiger partial charge in [-0.15, -0.1) is 5.10 Å². The van der Waals surface area contributed by atoms with E-state index in [9.17, 15) is 4.39 Å². The van der Waals surface area contributed by atoms with Crippen LogP contribution in [0.25, 0.3) is 10.8 Å². The molecule has 1 aromatic carbocycles. The number of hydrogen-bond acceptors (Lipinski definition) is 2. The van der Waals surface area contributed by atoms with Gasteiger partial charge in [0.05, 0.1) is 5.69 Å². The van der Waals surface area contributed by atoms with E-state index in [1.54, 1.807) is 13.0 Å². The molecule has 2 rings (SSSR count). The van der Waals surface area contributed by atoms with Crippen LogP contribution in [0.5, 0.6) is 0 Å². The van der Waals surface area contributed by atoms with E-state index in [2.05, 4.69) is 26.1 Å². The first kappa shape index (κ1) is 9.80. The molecule has 0 saturated heterocycles. The fraction of sp³-hybridized carbons (Fsp3) is 0.111. The third-order valence-electron chi connectivity index (χ3n) is 1.93. The van der Waals surface area contributed by atoms with Gasteiger partial charge in [-0.3, -0.25) is 0 Å². The zero-order valence-corrected chi connectivity index (χ0v) is 9.52. The summed E-state index contributed by atoms with van der Waals surface area (Å²) in [7, 11) is 0. The molecular weight excluding hydrogens is 270 g/mol. The molecule has 0 bridgehead atoms. The third-order valence-corrected chi connectivity index (χ3v) is 2.66. The second-order valence-electron chi connectivity index (χ2n) is 2.89. The Morgan fingerprint density at radius 2 is 2.07 bits per heavy atom. The minimum absolute atomic E-state index is 0.214. The Labute approximate surface area is 93.2 Å². The summed E-state index contributed by atoms with van der Waals surface area (Å²) in [5.74, 6) is -0.344. The number of benzene rings is 1. The number of aryl methyl sites for hydroxylation is 1. The normalized spacial score (nSPS) is 10.9. The molecule has 0 saturated carbocycles. The van der Waals surface area contributed by atoms with Crippen molar-refractivity contribution in [2.75, 3.05) is 0 Å². The Hall–Kier alpha value is -0.740. The van der Waals surface area contributed by atoms with Crippen LogP contribution in [0, 0.1) is 12.7 Å². The SMILES string of the molecule is Cc1nnc(Cl)c2cc(Br)cc(F)c12. The zero-order chi connectivity index (χ0) is 10.3. The van der Waals surface area contributed by atoms with Crippen LogP contribution in [-0.4, -0.2) is 10.2 Å². The molecule has 5 heteroatoms. The van der Waals surface area contributed by atoms with E-state index >= 15 is 0 Å². The standard InChI is InChI=1S/C9H5BrClFN2/c1-4-8-6(9(11)14-13-4)2-5(10)3-7(8)12/h2-3H,1H3. The van der Waals surface area contributed by atoms with Crippen molar-refractivity contribution >= 4 is 38.3 Å². The molecule has 2 nitrogen and oxygen atoms in total. The van der Waals surface area contributed by atoms with E-state index in [1.165, 1.54) is 6.07 Å². The van der Waals surface area contributed by atoms with E-state index in [0.717, 1.165) is 0 Å². The van der Waals surface area contributed by atoms with Crippen LogP contribution in [0.15, 0.2) is 16.6 Å². The van der Waals surface area contributed by atoms with Gasteiger partial charge < -0.3 is 0 Å². The maximum absolute atomic E-state index is 13.5. The van der Waals surface area contributed by atoms with Crippen molar-refractivity contribution in [3.05, 3.63) is 33.3 Å². The Bertz CT molecular complexity index is 516. The van der Waals surface area contributed by atoms with E-state index in [-0.39, 0.29) is 11.0 Å². The number of fused-ring (bicyclic) bond motifs is 1. The molecule has 14 heavy (non-hydrogen) atoms. The first-order chi connectivity index (χ1) is 6.59. The van der Waals surface area contributed by atoms with E-state index < -0.39 is 0 Å². The Kier molecular flexibility index (Phi) is 2.41. The second kappa shape index (κ2) is 3.44. The average Bonchev–Trinajstić information content (AvgIpc) is 2.10. The lowest BCUT2D eigenvalue weighted by Gasteiger charge is -2.03. The Balaban J connectivity index is 3.00.